The molecule has 0 radical (unpaired) electrons. The molecule has 0 fully saturated rings. The Morgan fingerprint density at radius 2 is 1.71 bits per heavy atom. The molecule has 35 heavy (non-hydrogen) atoms. The lowest BCUT2D eigenvalue weighted by molar-refractivity contribution is 0.0690. The second kappa shape index (κ2) is 15.7. The van der Waals surface area contributed by atoms with Crippen LogP contribution in [0, 0.1) is 0 Å². The first kappa shape index (κ1) is 29.0. The van der Waals surface area contributed by atoms with Gasteiger partial charge in [0, 0.05) is 22.2 Å². The molecule has 0 aliphatic heterocycles. The van der Waals surface area contributed by atoms with Crippen LogP contribution in [0.15, 0.2) is 54.0 Å². The van der Waals surface area contributed by atoms with Crippen molar-refractivity contribution in [3.63, 3.8) is 0 Å². The number of nitrogens with zero attached hydrogens (tertiary/aromatic N) is 2. The number of aromatic nitrogens is 2. The van der Waals surface area contributed by atoms with Gasteiger partial charge in [0.2, 0.25) is 0 Å². The van der Waals surface area contributed by atoms with E-state index < -0.39 is 5.97 Å². The van der Waals surface area contributed by atoms with Crippen molar-refractivity contribution in [2.75, 3.05) is 6.54 Å². The highest BCUT2D eigenvalue weighted by molar-refractivity contribution is 7.09. The topological polar surface area (TPSA) is 75.1 Å². The van der Waals surface area contributed by atoms with Crippen LogP contribution in [0.3, 0.4) is 0 Å². The average Bonchev–Trinajstić information content (AvgIpc) is 3.40. The summed E-state index contributed by atoms with van der Waals surface area (Å²) in [6.45, 7) is 7.81. The van der Waals surface area contributed by atoms with Gasteiger partial charge in [-0.25, -0.2) is 14.8 Å². The van der Waals surface area contributed by atoms with E-state index in [1.54, 1.807) is 41.7 Å². The molecule has 0 spiro atoms. The van der Waals surface area contributed by atoms with Gasteiger partial charge in [0.05, 0.1) is 11.2 Å². The molecule has 0 aliphatic rings. The zero-order valence-electron chi connectivity index (χ0n) is 21.1. The van der Waals surface area contributed by atoms with Gasteiger partial charge in [-0.2, -0.15) is 0 Å². The summed E-state index contributed by atoms with van der Waals surface area (Å²) >= 11 is 7.59. The Labute approximate surface area is 219 Å². The number of nitrogens with one attached hydrogen (secondary N) is 1. The van der Waals surface area contributed by atoms with Crippen molar-refractivity contribution in [1.29, 1.82) is 0 Å². The molecule has 0 unspecified atom stereocenters. The lowest BCUT2D eigenvalue weighted by Crippen LogP contribution is -2.37. The molecule has 3 rings (SSSR count). The second-order valence-corrected chi connectivity index (χ2v) is 10.4. The molecule has 2 N–H and O–H groups in total. The van der Waals surface area contributed by atoms with E-state index in [0.717, 1.165) is 12.1 Å². The monoisotopic (exact) mass is 515 g/mol. The summed E-state index contributed by atoms with van der Waals surface area (Å²) in [6.07, 6.45) is 12.9. The van der Waals surface area contributed by atoms with Gasteiger partial charge in [0.15, 0.2) is 0 Å². The third-order valence-electron chi connectivity index (χ3n) is 5.65. The molecule has 2 aromatic heterocycles. The number of halogens is 1. The maximum Gasteiger partial charge on any atom is 0.354 e. The van der Waals surface area contributed by atoms with Crippen molar-refractivity contribution in [3.05, 3.63) is 69.8 Å². The molecular weight excluding hydrogens is 478 g/mol. The van der Waals surface area contributed by atoms with E-state index in [9.17, 15) is 4.79 Å². The Morgan fingerprint density at radius 3 is 2.34 bits per heavy atom. The summed E-state index contributed by atoms with van der Waals surface area (Å²) in [5.41, 5.74) is 1.45. The molecule has 0 bridgehead atoms. The first-order valence-electron chi connectivity index (χ1n) is 12.4. The fraction of sp³-hybridized carbons (Fsp3) is 0.464. The molecular formula is C28H38ClN3O2S. The maximum absolute atomic E-state index is 10.8. The van der Waals surface area contributed by atoms with Gasteiger partial charge in [0.25, 0.3) is 0 Å². The number of unbranched alkanes of at least 4 members (excludes halogenated alkanes) is 7. The molecule has 0 atom stereocenters. The number of carbonyl (C=O) groups is 1. The van der Waals surface area contributed by atoms with Crippen molar-refractivity contribution < 1.29 is 9.90 Å². The SMILES string of the molecule is CCCCCCCCCCNC(C)(C)c1nccs1.O=C(O)c1cccc(-c2cccc(Cl)c2)n1. The smallest absolute Gasteiger partial charge is 0.354 e. The first-order valence-corrected chi connectivity index (χ1v) is 13.7. The highest BCUT2D eigenvalue weighted by Gasteiger charge is 2.21. The number of pyridine rings is 1. The molecule has 0 aliphatic carbocycles. The Hall–Kier alpha value is -2.28. The quantitative estimate of drug-likeness (QED) is 0.224. The molecule has 5 nitrogen and oxygen atoms in total. The normalized spacial score (nSPS) is 11.1. The van der Waals surface area contributed by atoms with Gasteiger partial charge in [0.1, 0.15) is 10.7 Å². The van der Waals surface area contributed by atoms with E-state index in [-0.39, 0.29) is 11.2 Å². The van der Waals surface area contributed by atoms with E-state index in [0.29, 0.717) is 10.7 Å². The van der Waals surface area contributed by atoms with E-state index in [2.05, 4.69) is 41.4 Å². The largest absolute Gasteiger partial charge is 0.477 e. The van der Waals surface area contributed by atoms with Gasteiger partial charge < -0.3 is 10.4 Å². The number of benzene rings is 1. The van der Waals surface area contributed by atoms with Crippen LogP contribution in [0.2, 0.25) is 5.02 Å². The lowest BCUT2D eigenvalue weighted by atomic mass is 10.1. The number of carboxylic acid groups (broad SMARTS) is 1. The van der Waals surface area contributed by atoms with Gasteiger partial charge in [-0.3, -0.25) is 0 Å². The number of rotatable bonds is 13. The van der Waals surface area contributed by atoms with Crippen LogP contribution in [-0.4, -0.2) is 27.6 Å². The van der Waals surface area contributed by atoms with Crippen LogP contribution in [0.4, 0.5) is 0 Å². The zero-order valence-corrected chi connectivity index (χ0v) is 22.7. The van der Waals surface area contributed by atoms with Crippen LogP contribution in [0.1, 0.15) is 87.6 Å². The minimum Gasteiger partial charge on any atom is -0.477 e. The fourth-order valence-electron chi connectivity index (χ4n) is 3.63. The molecule has 7 heteroatoms. The Morgan fingerprint density at radius 1 is 1.03 bits per heavy atom. The molecule has 190 valence electrons. The minimum absolute atomic E-state index is 0.0231. The van der Waals surface area contributed by atoms with E-state index >= 15 is 0 Å². The lowest BCUT2D eigenvalue weighted by Gasteiger charge is -2.23. The minimum atomic E-state index is -1.04. The first-order chi connectivity index (χ1) is 16.8. The summed E-state index contributed by atoms with van der Waals surface area (Å²) in [7, 11) is 0. The number of carboxylic acids is 1. The highest BCUT2D eigenvalue weighted by atomic mass is 35.5. The van der Waals surface area contributed by atoms with Crippen molar-refractivity contribution in [3.8, 4) is 11.3 Å². The summed E-state index contributed by atoms with van der Waals surface area (Å²) in [4.78, 5) is 19.2. The van der Waals surface area contributed by atoms with Gasteiger partial charge >= 0.3 is 5.97 Å². The third kappa shape index (κ3) is 10.9. The van der Waals surface area contributed by atoms with Crippen molar-refractivity contribution in [1.82, 2.24) is 15.3 Å². The predicted octanol–water partition coefficient (Wildman–Crippen LogP) is 8.21. The molecule has 0 saturated heterocycles. The van der Waals surface area contributed by atoms with E-state index in [1.807, 2.05) is 12.3 Å². The summed E-state index contributed by atoms with van der Waals surface area (Å²) in [6, 6.07) is 12.0. The molecule has 1 aromatic carbocycles. The van der Waals surface area contributed by atoms with Crippen LogP contribution < -0.4 is 5.32 Å². The Bertz CT molecular complexity index is 1010. The molecule has 2 heterocycles. The van der Waals surface area contributed by atoms with Crippen LogP contribution >= 0.6 is 22.9 Å². The summed E-state index contributed by atoms with van der Waals surface area (Å²) in [5.74, 6) is -1.04. The highest BCUT2D eigenvalue weighted by Crippen LogP contribution is 2.22. The molecule has 0 saturated carbocycles. The van der Waals surface area contributed by atoms with E-state index in [4.69, 9.17) is 16.7 Å². The Kier molecular flexibility index (Phi) is 13.0. The van der Waals surface area contributed by atoms with E-state index in [1.165, 1.54) is 62.4 Å². The van der Waals surface area contributed by atoms with Crippen molar-refractivity contribution >= 4 is 28.9 Å². The number of aromatic carboxylic acids is 1. The zero-order chi connectivity index (χ0) is 25.5. The van der Waals surface area contributed by atoms with Gasteiger partial charge in [-0.05, 0) is 51.1 Å². The van der Waals surface area contributed by atoms with Crippen LogP contribution in [-0.2, 0) is 5.54 Å². The summed E-state index contributed by atoms with van der Waals surface area (Å²) in [5, 5.41) is 16.3. The van der Waals surface area contributed by atoms with Gasteiger partial charge in [-0.15, -0.1) is 11.3 Å². The average molecular weight is 516 g/mol. The fourth-order valence-corrected chi connectivity index (χ4v) is 4.56. The van der Waals surface area contributed by atoms with Crippen molar-refractivity contribution in [2.24, 2.45) is 0 Å². The molecule has 3 aromatic rings. The number of hydrogen-bond acceptors (Lipinski definition) is 5. The standard InChI is InChI=1S/C16H30N2S.C12H8ClNO2/c1-4-5-6-7-8-9-10-11-12-18-16(2,3)15-17-13-14-19-15;13-9-4-1-3-8(7-9)10-5-2-6-11(14-10)12(15)16/h13-14,18H,4-12H2,1-3H3;1-7H,(H,15,16). The number of thiazole rings is 1. The van der Waals surface area contributed by atoms with Crippen molar-refractivity contribution in [2.45, 2.75) is 77.7 Å². The second-order valence-electron chi connectivity index (χ2n) is 9.09. The number of hydrogen-bond donors (Lipinski definition) is 2. The van der Waals surface area contributed by atoms with Gasteiger partial charge in [-0.1, -0.05) is 81.7 Å². The Balaban J connectivity index is 0.000000250. The molecule has 0 amide bonds. The third-order valence-corrected chi connectivity index (χ3v) is 6.98. The van der Waals surface area contributed by atoms with Crippen LogP contribution in [0.5, 0.6) is 0 Å². The van der Waals surface area contributed by atoms with Crippen LogP contribution in [0.25, 0.3) is 11.3 Å². The maximum atomic E-state index is 10.8. The summed E-state index contributed by atoms with van der Waals surface area (Å²) < 4.78 is 0. The predicted molar refractivity (Wildman–Crippen MR) is 147 cm³/mol.